The Morgan fingerprint density at radius 3 is 1.96 bits per heavy atom. The Labute approximate surface area is 155 Å². The Morgan fingerprint density at radius 2 is 1.42 bits per heavy atom. The van der Waals surface area contributed by atoms with Gasteiger partial charge < -0.3 is 5.11 Å². The highest BCUT2D eigenvalue weighted by molar-refractivity contribution is 7.81. The predicted molar refractivity (Wildman–Crippen MR) is 103 cm³/mol. The van der Waals surface area contributed by atoms with Crippen molar-refractivity contribution in [2.24, 2.45) is 0 Å². The van der Waals surface area contributed by atoms with Crippen LogP contribution in [0.3, 0.4) is 0 Å². The average Bonchev–Trinajstić information content (AvgIpc) is 2.67. The van der Waals surface area contributed by atoms with Crippen LogP contribution in [0.2, 0.25) is 0 Å². The van der Waals surface area contributed by atoms with Crippen molar-refractivity contribution in [3.8, 4) is 5.75 Å². The van der Waals surface area contributed by atoms with Crippen LogP contribution in [-0.2, 0) is 0 Å². The molecule has 0 heterocycles. The lowest BCUT2D eigenvalue weighted by Crippen LogP contribution is -2.14. The van der Waals surface area contributed by atoms with E-state index >= 15 is 0 Å². The Kier molecular flexibility index (Phi) is 3.98. The lowest BCUT2D eigenvalue weighted by Gasteiger charge is -2.23. The Morgan fingerprint density at radius 1 is 0.885 bits per heavy atom. The van der Waals surface area contributed by atoms with E-state index in [0.29, 0.717) is 0 Å². The molecule has 0 aliphatic heterocycles. The lowest BCUT2D eigenvalue weighted by molar-refractivity contribution is 0.104. The largest absolute Gasteiger partial charge is 0.505 e. The van der Waals surface area contributed by atoms with Gasteiger partial charge in [-0.25, -0.2) is 4.39 Å². The number of halogens is 1. The lowest BCUT2D eigenvalue weighted by atomic mass is 9.81. The normalized spacial score (nSPS) is 12.3. The van der Waals surface area contributed by atoms with E-state index in [1.165, 1.54) is 12.1 Å². The molecule has 3 aromatic rings. The van der Waals surface area contributed by atoms with E-state index in [1.54, 1.807) is 0 Å². The van der Waals surface area contributed by atoms with Gasteiger partial charge in [0.1, 0.15) is 0 Å². The zero-order valence-corrected chi connectivity index (χ0v) is 14.4. The molecule has 0 radical (unpaired) electrons. The second-order valence-corrected chi connectivity index (χ2v) is 6.42. The van der Waals surface area contributed by atoms with Gasteiger partial charge in [-0.05, 0) is 41.0 Å². The van der Waals surface area contributed by atoms with Gasteiger partial charge in [-0.1, -0.05) is 60.7 Å². The number of allylic oxidation sites excluding steroid dienone is 1. The summed E-state index contributed by atoms with van der Waals surface area (Å²) in [6.45, 7) is 0. The molecule has 0 saturated heterocycles. The third-order valence-corrected chi connectivity index (χ3v) is 4.87. The van der Waals surface area contributed by atoms with Gasteiger partial charge in [0, 0.05) is 16.7 Å². The van der Waals surface area contributed by atoms with Crippen LogP contribution in [0.15, 0.2) is 72.8 Å². The quantitative estimate of drug-likeness (QED) is 0.313. The standard InChI is InChI=1S/C22H13FO2S/c23-19-10-9-13(11-21(19)25)20(24)12-18-14-5-1-3-7-16(14)22(26)17-8-4-2-6-15(17)18/h1-12,25H. The van der Waals surface area contributed by atoms with Crippen LogP contribution in [0.25, 0.3) is 5.57 Å². The van der Waals surface area contributed by atoms with Crippen molar-refractivity contribution in [1.29, 1.82) is 0 Å². The third kappa shape index (κ3) is 2.65. The SMILES string of the molecule is O=C(C=C1c2ccccc2C(=S)c2ccccc21)c1ccc(F)c(O)c1. The van der Waals surface area contributed by atoms with Crippen molar-refractivity contribution in [2.45, 2.75) is 0 Å². The van der Waals surface area contributed by atoms with Gasteiger partial charge in [-0.2, -0.15) is 0 Å². The van der Waals surface area contributed by atoms with E-state index < -0.39 is 11.6 Å². The van der Waals surface area contributed by atoms with Gasteiger partial charge in [0.25, 0.3) is 0 Å². The third-order valence-electron chi connectivity index (χ3n) is 4.43. The number of phenolic OH excluding ortho intramolecular Hbond substituents is 1. The van der Waals surface area contributed by atoms with Crippen LogP contribution >= 0.6 is 12.2 Å². The van der Waals surface area contributed by atoms with Gasteiger partial charge in [0.05, 0.1) is 4.86 Å². The number of hydrogen-bond acceptors (Lipinski definition) is 3. The highest BCUT2D eigenvalue weighted by Gasteiger charge is 2.24. The second kappa shape index (κ2) is 6.32. The maximum atomic E-state index is 13.3. The summed E-state index contributed by atoms with van der Waals surface area (Å²) in [5.41, 5.74) is 4.56. The average molecular weight is 360 g/mol. The minimum absolute atomic E-state index is 0.222. The smallest absolute Gasteiger partial charge is 0.186 e. The fourth-order valence-electron chi connectivity index (χ4n) is 3.16. The van der Waals surface area contributed by atoms with Crippen LogP contribution in [0.4, 0.5) is 4.39 Å². The number of aromatic hydroxyl groups is 1. The molecule has 0 fully saturated rings. The summed E-state index contributed by atoms with van der Waals surface area (Å²) >= 11 is 5.62. The second-order valence-electron chi connectivity index (χ2n) is 6.01. The molecule has 26 heavy (non-hydrogen) atoms. The molecule has 126 valence electrons. The van der Waals surface area contributed by atoms with E-state index in [-0.39, 0.29) is 11.3 Å². The molecular weight excluding hydrogens is 347 g/mol. The summed E-state index contributed by atoms with van der Waals surface area (Å²) in [7, 11) is 0. The molecule has 3 aromatic carbocycles. The molecule has 0 amide bonds. The first kappa shape index (κ1) is 16.4. The summed E-state index contributed by atoms with van der Waals surface area (Å²) < 4.78 is 13.3. The number of thiocarbonyl (C=S) groups is 1. The first-order valence-electron chi connectivity index (χ1n) is 8.04. The maximum Gasteiger partial charge on any atom is 0.186 e. The molecule has 4 heteroatoms. The van der Waals surface area contributed by atoms with E-state index in [1.807, 2.05) is 48.5 Å². The number of benzene rings is 3. The molecule has 0 atom stereocenters. The zero-order chi connectivity index (χ0) is 18.3. The minimum atomic E-state index is -0.757. The number of phenols is 1. The first-order chi connectivity index (χ1) is 12.6. The van der Waals surface area contributed by atoms with E-state index in [2.05, 4.69) is 0 Å². The number of carbonyl (C=O) groups is 1. The fraction of sp³-hybridized carbons (Fsp3) is 0. The van der Waals surface area contributed by atoms with Gasteiger partial charge in [-0.15, -0.1) is 0 Å². The van der Waals surface area contributed by atoms with Gasteiger partial charge in [-0.3, -0.25) is 4.79 Å². The zero-order valence-electron chi connectivity index (χ0n) is 13.6. The molecule has 0 spiro atoms. The van der Waals surface area contributed by atoms with Gasteiger partial charge >= 0.3 is 0 Å². The summed E-state index contributed by atoms with van der Waals surface area (Å²) in [5.74, 6) is -1.61. The van der Waals surface area contributed by atoms with Crippen molar-refractivity contribution < 1.29 is 14.3 Å². The monoisotopic (exact) mass is 360 g/mol. The van der Waals surface area contributed by atoms with Crippen molar-refractivity contribution in [2.75, 3.05) is 0 Å². The molecule has 0 unspecified atom stereocenters. The Hall–Kier alpha value is -3.11. The molecule has 0 saturated carbocycles. The van der Waals surface area contributed by atoms with E-state index in [9.17, 15) is 14.3 Å². The number of rotatable bonds is 2. The summed E-state index contributed by atoms with van der Waals surface area (Å²) in [6, 6.07) is 18.9. The summed E-state index contributed by atoms with van der Waals surface area (Å²) in [5, 5.41) is 9.54. The topological polar surface area (TPSA) is 37.3 Å². The van der Waals surface area contributed by atoms with Crippen molar-refractivity contribution in [1.82, 2.24) is 0 Å². The van der Waals surface area contributed by atoms with Crippen molar-refractivity contribution in [3.05, 3.63) is 106 Å². The molecule has 1 aliphatic carbocycles. The molecule has 1 aliphatic rings. The van der Waals surface area contributed by atoms with Crippen LogP contribution in [0.5, 0.6) is 5.75 Å². The summed E-state index contributed by atoms with van der Waals surface area (Å²) in [6.07, 6.45) is 1.52. The van der Waals surface area contributed by atoms with Crippen molar-refractivity contribution in [3.63, 3.8) is 0 Å². The van der Waals surface area contributed by atoms with Gasteiger partial charge in [0.2, 0.25) is 0 Å². The Bertz CT molecular complexity index is 1050. The maximum absolute atomic E-state index is 13.3. The first-order valence-corrected chi connectivity index (χ1v) is 8.45. The van der Waals surface area contributed by atoms with Gasteiger partial charge in [0.15, 0.2) is 17.3 Å². The minimum Gasteiger partial charge on any atom is -0.505 e. The van der Waals surface area contributed by atoms with Crippen LogP contribution in [0, 0.1) is 5.82 Å². The highest BCUT2D eigenvalue weighted by Crippen LogP contribution is 2.36. The molecule has 4 rings (SSSR count). The van der Waals surface area contributed by atoms with Crippen molar-refractivity contribution >= 4 is 28.4 Å². The number of carbonyl (C=O) groups excluding carboxylic acids is 1. The van der Waals surface area contributed by atoms with Crippen LogP contribution in [0.1, 0.15) is 32.6 Å². The van der Waals surface area contributed by atoms with Crippen LogP contribution in [-0.4, -0.2) is 15.8 Å². The number of hydrogen-bond donors (Lipinski definition) is 1. The predicted octanol–water partition coefficient (Wildman–Crippen LogP) is 4.93. The molecular formula is C22H13FO2S. The molecule has 1 N–H and O–H groups in total. The number of fused-ring (bicyclic) bond motifs is 2. The fourth-order valence-corrected chi connectivity index (χ4v) is 3.51. The van der Waals surface area contributed by atoms with E-state index in [4.69, 9.17) is 12.2 Å². The van der Waals surface area contributed by atoms with Crippen LogP contribution < -0.4 is 0 Å². The number of ketones is 1. The molecule has 0 aromatic heterocycles. The molecule has 0 bridgehead atoms. The summed E-state index contributed by atoms with van der Waals surface area (Å²) in [4.78, 5) is 13.5. The highest BCUT2D eigenvalue weighted by atomic mass is 32.1. The van der Waals surface area contributed by atoms with E-state index in [0.717, 1.165) is 44.8 Å². The Balaban J connectivity index is 1.89. The molecule has 2 nitrogen and oxygen atoms in total.